The van der Waals surface area contributed by atoms with Gasteiger partial charge in [-0.1, -0.05) is 23.4 Å². The molecule has 0 saturated heterocycles. The number of aromatic nitrogens is 13. The minimum atomic E-state index is -1.43. The average Bonchev–Trinajstić information content (AvgIpc) is 4.16. The van der Waals surface area contributed by atoms with E-state index in [2.05, 4.69) is 103 Å². The van der Waals surface area contributed by atoms with Crippen LogP contribution in [-0.4, -0.2) is 102 Å². The molecule has 0 amide bonds. The average molecular weight is 1220 g/mol. The molecule has 0 unspecified atom stereocenters. The van der Waals surface area contributed by atoms with Crippen LogP contribution >= 0.6 is 31.9 Å². The van der Waals surface area contributed by atoms with Crippen molar-refractivity contribution < 1.29 is 27.6 Å². The van der Waals surface area contributed by atoms with Gasteiger partial charge in [-0.15, -0.1) is 10.2 Å². The van der Waals surface area contributed by atoms with Crippen molar-refractivity contribution in [3.8, 4) is 33.6 Å². The molecule has 11 aromatic rings. The molecule has 9 heterocycles. The number of nitrogen functional groups attached to an aromatic ring is 2. The fourth-order valence-corrected chi connectivity index (χ4v) is 8.32. The Morgan fingerprint density at radius 3 is 1.49 bits per heavy atom. The van der Waals surface area contributed by atoms with E-state index in [1.807, 2.05) is 31.3 Å². The molecule has 2 aromatic carbocycles. The number of benzene rings is 2. The molecule has 0 aliphatic carbocycles. The predicted octanol–water partition coefficient (Wildman–Crippen LogP) is 8.47. The standard InChI is InChI=1S/C23H18F2N8.C17H11BrF2N6.C6H9BN2O2.C6H7BrN2.CH4/c1-27-18-11-14(8-10-29-18)20-21(13-4-6-15(24)7-5-13)31-23(26)33-22(20)30-19(32-33)12-17-16(25)3-2-9-28-17;18-14-15(9-3-5-10(19)6-4-9)24-17(21)26-16(14)23-13(25-26)8-12-11(20)2-1-7-22-12;1-8-6-4-5(7(10)11)2-3-9-6;1-8-6-4-5(7)2-3-9-6;/h2-11H,12H2,1H3,(H2,26,31)(H,27,29);1-7H,8H2,(H2,21,24);2-4,10-11H,1H3,(H,8,9);2-4H,1H3,(H,8,9);1H4. The molecular weight excluding hydrogens is 1170 g/mol. The van der Waals surface area contributed by atoms with E-state index in [0.29, 0.717) is 72.6 Å². The van der Waals surface area contributed by atoms with E-state index >= 15 is 0 Å². The summed E-state index contributed by atoms with van der Waals surface area (Å²) in [6.07, 6.45) is 8.13. The van der Waals surface area contributed by atoms with Gasteiger partial charge in [0.2, 0.25) is 11.9 Å². The number of nitrogens with one attached hydrogen (secondary N) is 3. The lowest BCUT2D eigenvalue weighted by molar-refractivity contribution is 0.425. The number of anilines is 5. The normalized spacial score (nSPS) is 10.5. The molecule has 9 N–H and O–H groups in total. The lowest BCUT2D eigenvalue weighted by atomic mass is 9.81. The van der Waals surface area contributed by atoms with Crippen molar-refractivity contribution in [3.05, 3.63) is 195 Å². The topological polar surface area (TPSA) is 279 Å². The molecule has 0 bridgehead atoms. The van der Waals surface area contributed by atoms with Crippen LogP contribution in [0.15, 0.2) is 149 Å². The zero-order valence-corrected chi connectivity index (χ0v) is 45.1. The molecule has 9 aromatic heterocycles. The minimum Gasteiger partial charge on any atom is -0.423 e. The van der Waals surface area contributed by atoms with Crippen LogP contribution < -0.4 is 32.9 Å². The Labute approximate surface area is 472 Å². The molecule has 0 radical (unpaired) electrons. The smallest absolute Gasteiger partial charge is 0.423 e. The number of hydrogen-bond donors (Lipinski definition) is 7. The van der Waals surface area contributed by atoms with Crippen LogP contribution in [0.4, 0.5) is 46.9 Å². The van der Waals surface area contributed by atoms with Gasteiger partial charge in [0.15, 0.2) is 22.9 Å². The van der Waals surface area contributed by atoms with Crippen molar-refractivity contribution in [1.82, 2.24) is 64.1 Å². The Bertz CT molecular complexity index is 3880. The summed E-state index contributed by atoms with van der Waals surface area (Å²) < 4.78 is 59.1. The number of rotatable bonds is 11. The lowest BCUT2D eigenvalue weighted by Crippen LogP contribution is -2.29. The van der Waals surface area contributed by atoms with Gasteiger partial charge in [0.1, 0.15) is 40.7 Å². The van der Waals surface area contributed by atoms with Crippen LogP contribution in [0.2, 0.25) is 0 Å². The Hall–Kier alpha value is -9.05. The highest BCUT2D eigenvalue weighted by atomic mass is 79.9. The molecule has 408 valence electrons. The Morgan fingerprint density at radius 1 is 0.525 bits per heavy atom. The van der Waals surface area contributed by atoms with Crippen LogP contribution in [0.5, 0.6) is 0 Å². The molecule has 0 aliphatic rings. The van der Waals surface area contributed by atoms with Crippen molar-refractivity contribution in [1.29, 1.82) is 0 Å². The van der Waals surface area contributed by atoms with Gasteiger partial charge < -0.3 is 37.5 Å². The first-order valence-corrected chi connectivity index (χ1v) is 25.1. The van der Waals surface area contributed by atoms with Gasteiger partial charge in [-0.05, 0) is 136 Å². The molecular formula is C53H49BBr2F4N18O2. The van der Waals surface area contributed by atoms with Crippen LogP contribution in [0, 0.1) is 23.3 Å². The molecule has 27 heteroatoms. The summed E-state index contributed by atoms with van der Waals surface area (Å²) in [5.74, 6) is 1.46. The molecule has 0 saturated carbocycles. The zero-order chi connectivity index (χ0) is 56.2. The van der Waals surface area contributed by atoms with Crippen molar-refractivity contribution in [2.45, 2.75) is 20.3 Å². The Kier molecular flexibility index (Phi) is 19.8. The summed E-state index contributed by atoms with van der Waals surface area (Å²) in [5, 5.41) is 34.9. The highest BCUT2D eigenvalue weighted by Gasteiger charge is 2.22. The summed E-state index contributed by atoms with van der Waals surface area (Å²) in [6, 6.07) is 28.1. The van der Waals surface area contributed by atoms with E-state index in [1.54, 1.807) is 62.9 Å². The van der Waals surface area contributed by atoms with Crippen molar-refractivity contribution >= 4 is 85.1 Å². The van der Waals surface area contributed by atoms with Gasteiger partial charge >= 0.3 is 7.12 Å². The van der Waals surface area contributed by atoms with E-state index in [9.17, 15) is 17.6 Å². The summed E-state index contributed by atoms with van der Waals surface area (Å²) in [6.45, 7) is 0. The number of hydrogen-bond acceptors (Lipinski definition) is 18. The van der Waals surface area contributed by atoms with Crippen LogP contribution in [-0.2, 0) is 12.8 Å². The third kappa shape index (κ3) is 14.4. The number of fused-ring (bicyclic) bond motifs is 2. The van der Waals surface area contributed by atoms with Gasteiger partial charge in [0.25, 0.3) is 0 Å². The van der Waals surface area contributed by atoms with Crippen LogP contribution in [0.25, 0.3) is 44.9 Å². The number of nitrogens with zero attached hydrogens (tertiary/aromatic N) is 13. The van der Waals surface area contributed by atoms with E-state index in [4.69, 9.17) is 21.5 Å². The van der Waals surface area contributed by atoms with E-state index in [0.717, 1.165) is 15.9 Å². The molecule has 20 nitrogen and oxygen atoms in total. The zero-order valence-electron chi connectivity index (χ0n) is 41.9. The summed E-state index contributed by atoms with van der Waals surface area (Å²) in [5.41, 5.74) is 17.7. The van der Waals surface area contributed by atoms with Gasteiger partial charge in [0.05, 0.1) is 45.7 Å². The molecule has 80 heavy (non-hydrogen) atoms. The molecule has 11 rings (SSSR count). The SMILES string of the molecule is C.CNc1cc(-c2c(-c3ccc(F)cc3)nc(N)n3nc(Cc4ncccc4F)nc23)ccn1.CNc1cc(B(O)O)ccn1.CNc1cc(Br)ccn1.Nc1nc(-c2ccc(F)cc2)c(Br)c2nc(Cc3ncccc3F)nn12. The highest BCUT2D eigenvalue weighted by molar-refractivity contribution is 9.11. The lowest BCUT2D eigenvalue weighted by Gasteiger charge is -2.12. The van der Waals surface area contributed by atoms with Gasteiger partial charge in [-0.25, -0.2) is 52.4 Å². The third-order valence-corrected chi connectivity index (χ3v) is 12.5. The maximum Gasteiger partial charge on any atom is 0.488 e. The van der Waals surface area contributed by atoms with Crippen LogP contribution in [0.3, 0.4) is 0 Å². The number of nitrogens with two attached hydrogens (primary N) is 2. The second-order valence-electron chi connectivity index (χ2n) is 16.5. The molecule has 0 spiro atoms. The van der Waals surface area contributed by atoms with Crippen molar-refractivity contribution in [2.75, 3.05) is 48.6 Å². The fraction of sp³-hybridized carbons (Fsp3) is 0.113. The quantitative estimate of drug-likeness (QED) is 0.0472. The predicted molar refractivity (Wildman–Crippen MR) is 307 cm³/mol. The van der Waals surface area contributed by atoms with E-state index < -0.39 is 18.8 Å². The van der Waals surface area contributed by atoms with Crippen molar-refractivity contribution in [2.24, 2.45) is 0 Å². The van der Waals surface area contributed by atoms with Crippen molar-refractivity contribution in [3.63, 3.8) is 0 Å². The van der Waals surface area contributed by atoms with E-state index in [-0.39, 0.29) is 55.2 Å². The fourth-order valence-electron chi connectivity index (χ4n) is 7.41. The summed E-state index contributed by atoms with van der Waals surface area (Å²) in [7, 11) is 3.90. The third-order valence-electron chi connectivity index (χ3n) is 11.2. The largest absolute Gasteiger partial charge is 0.488 e. The second-order valence-corrected chi connectivity index (χ2v) is 18.2. The Morgan fingerprint density at radius 2 is 0.988 bits per heavy atom. The Balaban J connectivity index is 0.000000173. The van der Waals surface area contributed by atoms with Gasteiger partial charge in [0, 0.05) is 67.7 Å². The molecule has 0 atom stereocenters. The minimum absolute atomic E-state index is 0. The molecule has 0 aliphatic heterocycles. The maximum absolute atomic E-state index is 14.1. The second kappa shape index (κ2) is 27.0. The number of halogens is 6. The first-order valence-electron chi connectivity index (χ1n) is 23.5. The van der Waals surface area contributed by atoms with E-state index in [1.165, 1.54) is 76.2 Å². The molecule has 0 fully saturated rings. The van der Waals surface area contributed by atoms with Gasteiger partial charge in [-0.3, -0.25) is 9.97 Å². The van der Waals surface area contributed by atoms with Crippen LogP contribution in [0.1, 0.15) is 30.5 Å². The van der Waals surface area contributed by atoms with Gasteiger partial charge in [-0.2, -0.15) is 9.03 Å². The maximum atomic E-state index is 14.1. The highest BCUT2D eigenvalue weighted by Crippen LogP contribution is 2.36. The first kappa shape index (κ1) is 58.6. The summed E-state index contributed by atoms with van der Waals surface area (Å²) >= 11 is 6.78. The number of pyridine rings is 5. The monoisotopic (exact) mass is 1210 g/mol. The first-order chi connectivity index (χ1) is 38.1. The summed E-state index contributed by atoms with van der Waals surface area (Å²) in [4.78, 5) is 38.2.